The van der Waals surface area contributed by atoms with Gasteiger partial charge in [-0.25, -0.2) is 4.98 Å². The molecule has 0 fully saturated rings. The molecule has 0 unspecified atom stereocenters. The minimum atomic E-state index is 0.609. The lowest BCUT2D eigenvalue weighted by Crippen LogP contribution is -1.88. The molecule has 0 bridgehead atoms. The Hall–Kier alpha value is 0.170. The van der Waals surface area contributed by atoms with E-state index in [1.807, 2.05) is 19.9 Å². The standard InChI is InChI=1S/C7H7ClIN/c1-4-3-5(2)10-7(8)6(4)9/h3H,1-2H3. The van der Waals surface area contributed by atoms with Gasteiger partial charge in [0.2, 0.25) is 0 Å². The van der Waals surface area contributed by atoms with E-state index in [1.165, 1.54) is 5.56 Å². The average molecular weight is 267 g/mol. The molecular formula is C7H7ClIN. The van der Waals surface area contributed by atoms with Crippen molar-refractivity contribution in [3.05, 3.63) is 26.0 Å². The van der Waals surface area contributed by atoms with Crippen molar-refractivity contribution in [2.24, 2.45) is 0 Å². The van der Waals surface area contributed by atoms with Crippen LogP contribution in [-0.2, 0) is 0 Å². The number of halogens is 2. The lowest BCUT2D eigenvalue weighted by atomic mass is 10.3. The summed E-state index contributed by atoms with van der Waals surface area (Å²) in [5.41, 5.74) is 2.17. The van der Waals surface area contributed by atoms with E-state index in [-0.39, 0.29) is 0 Å². The lowest BCUT2D eigenvalue weighted by molar-refractivity contribution is 1.16. The van der Waals surface area contributed by atoms with Gasteiger partial charge in [-0.2, -0.15) is 0 Å². The van der Waals surface area contributed by atoms with E-state index in [0.29, 0.717) is 5.15 Å². The summed E-state index contributed by atoms with van der Waals surface area (Å²) in [5.74, 6) is 0. The highest BCUT2D eigenvalue weighted by atomic mass is 127. The summed E-state index contributed by atoms with van der Waals surface area (Å²) in [6.07, 6.45) is 0. The van der Waals surface area contributed by atoms with Crippen molar-refractivity contribution < 1.29 is 0 Å². The van der Waals surface area contributed by atoms with Gasteiger partial charge in [0.25, 0.3) is 0 Å². The van der Waals surface area contributed by atoms with Crippen molar-refractivity contribution in [2.45, 2.75) is 13.8 Å². The molecule has 0 atom stereocenters. The number of hydrogen-bond donors (Lipinski definition) is 0. The van der Waals surface area contributed by atoms with E-state index in [0.717, 1.165) is 9.26 Å². The van der Waals surface area contributed by atoms with Crippen LogP contribution in [0.1, 0.15) is 11.3 Å². The third kappa shape index (κ3) is 1.61. The van der Waals surface area contributed by atoms with Crippen LogP contribution in [0.5, 0.6) is 0 Å². The van der Waals surface area contributed by atoms with Gasteiger partial charge in [-0.1, -0.05) is 11.6 Å². The highest BCUT2D eigenvalue weighted by molar-refractivity contribution is 14.1. The van der Waals surface area contributed by atoms with Gasteiger partial charge in [-0.15, -0.1) is 0 Å². The largest absolute Gasteiger partial charge is 0.240 e. The van der Waals surface area contributed by atoms with Crippen LogP contribution in [0.25, 0.3) is 0 Å². The van der Waals surface area contributed by atoms with Crippen molar-refractivity contribution in [3.63, 3.8) is 0 Å². The Morgan fingerprint density at radius 2 is 2.10 bits per heavy atom. The average Bonchev–Trinajstić information content (AvgIpc) is 1.82. The maximum Gasteiger partial charge on any atom is 0.142 e. The summed E-state index contributed by atoms with van der Waals surface area (Å²) >= 11 is 7.99. The molecule has 1 nitrogen and oxygen atoms in total. The van der Waals surface area contributed by atoms with Crippen LogP contribution in [-0.4, -0.2) is 4.98 Å². The van der Waals surface area contributed by atoms with E-state index >= 15 is 0 Å². The quantitative estimate of drug-likeness (QED) is 0.520. The first-order valence-electron chi connectivity index (χ1n) is 2.90. The summed E-state index contributed by atoms with van der Waals surface area (Å²) in [5, 5.41) is 0.609. The van der Waals surface area contributed by atoms with Crippen LogP contribution in [0.15, 0.2) is 6.07 Å². The normalized spacial score (nSPS) is 10.0. The predicted octanol–water partition coefficient (Wildman–Crippen LogP) is 2.96. The van der Waals surface area contributed by atoms with E-state index in [2.05, 4.69) is 27.6 Å². The van der Waals surface area contributed by atoms with E-state index in [9.17, 15) is 0 Å². The van der Waals surface area contributed by atoms with Crippen LogP contribution in [0.3, 0.4) is 0 Å². The lowest BCUT2D eigenvalue weighted by Gasteiger charge is -2.00. The maximum absolute atomic E-state index is 5.80. The second-order valence-corrected chi connectivity index (χ2v) is 3.62. The second-order valence-electron chi connectivity index (χ2n) is 2.19. The Kier molecular flexibility index (Phi) is 2.52. The number of hydrogen-bond acceptors (Lipinski definition) is 1. The van der Waals surface area contributed by atoms with Gasteiger partial charge in [0.15, 0.2) is 0 Å². The molecule has 0 aliphatic heterocycles. The number of aryl methyl sites for hydroxylation is 2. The summed E-state index contributed by atoms with van der Waals surface area (Å²) in [6.45, 7) is 3.97. The zero-order valence-electron chi connectivity index (χ0n) is 5.78. The van der Waals surface area contributed by atoms with E-state index < -0.39 is 0 Å². The van der Waals surface area contributed by atoms with Crippen molar-refractivity contribution in [2.75, 3.05) is 0 Å². The summed E-state index contributed by atoms with van der Waals surface area (Å²) < 4.78 is 1.05. The highest BCUT2D eigenvalue weighted by Crippen LogP contribution is 2.19. The molecule has 0 aliphatic rings. The van der Waals surface area contributed by atoms with Crippen LogP contribution in [0, 0.1) is 17.4 Å². The molecule has 1 aromatic heterocycles. The predicted molar refractivity (Wildman–Crippen MR) is 51.4 cm³/mol. The first-order chi connectivity index (χ1) is 4.61. The van der Waals surface area contributed by atoms with Crippen molar-refractivity contribution in [3.8, 4) is 0 Å². The van der Waals surface area contributed by atoms with Crippen LogP contribution in [0.2, 0.25) is 5.15 Å². The minimum absolute atomic E-state index is 0.609. The highest BCUT2D eigenvalue weighted by Gasteiger charge is 2.01. The number of pyridine rings is 1. The van der Waals surface area contributed by atoms with Gasteiger partial charge in [-0.05, 0) is 48.1 Å². The minimum Gasteiger partial charge on any atom is -0.240 e. The van der Waals surface area contributed by atoms with E-state index in [4.69, 9.17) is 11.6 Å². The third-order valence-corrected chi connectivity index (χ3v) is 3.18. The topological polar surface area (TPSA) is 12.9 Å². The Balaban J connectivity index is 3.31. The summed E-state index contributed by atoms with van der Waals surface area (Å²) in [6, 6.07) is 2.02. The Labute approximate surface area is 78.9 Å². The molecule has 3 heteroatoms. The molecule has 0 radical (unpaired) electrons. The third-order valence-electron chi connectivity index (χ3n) is 1.23. The fraction of sp³-hybridized carbons (Fsp3) is 0.286. The fourth-order valence-electron chi connectivity index (χ4n) is 0.776. The van der Waals surface area contributed by atoms with E-state index in [1.54, 1.807) is 0 Å². The van der Waals surface area contributed by atoms with Gasteiger partial charge in [0, 0.05) is 5.69 Å². The first-order valence-corrected chi connectivity index (χ1v) is 4.36. The smallest absolute Gasteiger partial charge is 0.142 e. The molecule has 0 saturated carbocycles. The number of rotatable bonds is 0. The molecule has 1 rings (SSSR count). The molecule has 54 valence electrons. The van der Waals surface area contributed by atoms with Gasteiger partial charge in [-0.3, -0.25) is 0 Å². The van der Waals surface area contributed by atoms with Gasteiger partial charge >= 0.3 is 0 Å². The van der Waals surface area contributed by atoms with Gasteiger partial charge in [0.05, 0.1) is 3.57 Å². The number of aromatic nitrogens is 1. The Bertz CT molecular complexity index is 237. The summed E-state index contributed by atoms with van der Waals surface area (Å²) in [7, 11) is 0. The van der Waals surface area contributed by atoms with Gasteiger partial charge < -0.3 is 0 Å². The molecule has 0 amide bonds. The Morgan fingerprint density at radius 3 is 2.60 bits per heavy atom. The van der Waals surface area contributed by atoms with Crippen molar-refractivity contribution in [1.82, 2.24) is 4.98 Å². The monoisotopic (exact) mass is 267 g/mol. The molecule has 0 aromatic carbocycles. The molecule has 0 saturated heterocycles. The summed E-state index contributed by atoms with van der Waals surface area (Å²) in [4.78, 5) is 4.09. The zero-order chi connectivity index (χ0) is 7.72. The second kappa shape index (κ2) is 3.05. The zero-order valence-corrected chi connectivity index (χ0v) is 8.69. The van der Waals surface area contributed by atoms with Gasteiger partial charge in [0.1, 0.15) is 5.15 Å². The van der Waals surface area contributed by atoms with Crippen molar-refractivity contribution >= 4 is 34.2 Å². The fourth-order valence-corrected chi connectivity index (χ4v) is 1.33. The molecule has 1 heterocycles. The van der Waals surface area contributed by atoms with Crippen LogP contribution < -0.4 is 0 Å². The molecule has 10 heavy (non-hydrogen) atoms. The van der Waals surface area contributed by atoms with Crippen LogP contribution >= 0.6 is 34.2 Å². The molecule has 0 aliphatic carbocycles. The van der Waals surface area contributed by atoms with Crippen molar-refractivity contribution in [1.29, 1.82) is 0 Å². The first kappa shape index (κ1) is 8.27. The maximum atomic E-state index is 5.80. The SMILES string of the molecule is Cc1cc(C)c(I)c(Cl)n1. The molecule has 0 spiro atoms. The van der Waals surface area contributed by atoms with Crippen LogP contribution in [0.4, 0.5) is 0 Å². The molecule has 0 N–H and O–H groups in total. The Morgan fingerprint density at radius 1 is 1.50 bits per heavy atom. The molecular weight excluding hydrogens is 260 g/mol. The number of nitrogens with zero attached hydrogens (tertiary/aromatic N) is 1. The molecule has 1 aromatic rings.